The Morgan fingerprint density at radius 1 is 1.12 bits per heavy atom. The minimum atomic E-state index is -0.00425. The van der Waals surface area contributed by atoms with Crippen molar-refractivity contribution in [2.45, 2.75) is 19.3 Å². The highest BCUT2D eigenvalue weighted by Crippen LogP contribution is 2.35. The van der Waals surface area contributed by atoms with Crippen molar-refractivity contribution >= 4 is 5.78 Å². The topological polar surface area (TPSA) is 46.3 Å². The number of hydrogen-bond donors (Lipinski definition) is 1. The molecular formula is C21H26N2O. The maximum atomic E-state index is 13.1. The summed E-state index contributed by atoms with van der Waals surface area (Å²) in [5.41, 5.74) is 9.08. The lowest BCUT2D eigenvalue weighted by molar-refractivity contribution is 0.0783. The highest BCUT2D eigenvalue weighted by molar-refractivity contribution is 5.98. The third-order valence-electron chi connectivity index (χ3n) is 5.04. The van der Waals surface area contributed by atoms with Crippen LogP contribution in [0.4, 0.5) is 0 Å². The predicted molar refractivity (Wildman–Crippen MR) is 98.3 cm³/mol. The molecule has 3 heteroatoms. The van der Waals surface area contributed by atoms with Gasteiger partial charge in [-0.1, -0.05) is 60.2 Å². The van der Waals surface area contributed by atoms with Crippen molar-refractivity contribution in [1.29, 1.82) is 0 Å². The average molecular weight is 322 g/mol. The fourth-order valence-corrected chi connectivity index (χ4v) is 3.70. The van der Waals surface area contributed by atoms with Gasteiger partial charge in [0.2, 0.25) is 0 Å². The van der Waals surface area contributed by atoms with E-state index in [0.717, 1.165) is 31.6 Å². The Bertz CT molecular complexity index is 666. The van der Waals surface area contributed by atoms with Gasteiger partial charge in [0.25, 0.3) is 0 Å². The zero-order valence-corrected chi connectivity index (χ0v) is 14.3. The molecule has 1 fully saturated rings. The summed E-state index contributed by atoms with van der Waals surface area (Å²) in [6, 6.07) is 18.3. The van der Waals surface area contributed by atoms with Crippen LogP contribution in [-0.2, 0) is 0 Å². The second-order valence-electron chi connectivity index (χ2n) is 6.73. The predicted octanol–water partition coefficient (Wildman–Crippen LogP) is 3.24. The molecule has 24 heavy (non-hydrogen) atoms. The van der Waals surface area contributed by atoms with Crippen LogP contribution in [0.15, 0.2) is 54.6 Å². The average Bonchev–Trinajstić information content (AvgIpc) is 2.63. The van der Waals surface area contributed by atoms with Crippen LogP contribution < -0.4 is 5.73 Å². The minimum absolute atomic E-state index is 0.00425. The smallest absolute Gasteiger partial charge is 0.167 e. The van der Waals surface area contributed by atoms with Crippen LogP contribution in [0.25, 0.3) is 0 Å². The van der Waals surface area contributed by atoms with E-state index in [2.05, 4.69) is 36.1 Å². The largest absolute Gasteiger partial charge is 0.329 e. The summed E-state index contributed by atoms with van der Waals surface area (Å²) >= 11 is 0. The number of aryl methyl sites for hydroxylation is 1. The van der Waals surface area contributed by atoms with E-state index in [-0.39, 0.29) is 17.6 Å². The first-order valence-corrected chi connectivity index (χ1v) is 8.77. The lowest BCUT2D eigenvalue weighted by atomic mass is 9.76. The molecule has 0 radical (unpaired) electrons. The van der Waals surface area contributed by atoms with Crippen LogP contribution in [0.5, 0.6) is 0 Å². The molecule has 2 aromatic carbocycles. The summed E-state index contributed by atoms with van der Waals surface area (Å²) in [4.78, 5) is 15.5. The fourth-order valence-electron chi connectivity index (χ4n) is 3.70. The first-order valence-electron chi connectivity index (χ1n) is 8.77. The maximum Gasteiger partial charge on any atom is 0.167 e. The monoisotopic (exact) mass is 322 g/mol. The Balaban J connectivity index is 1.88. The van der Waals surface area contributed by atoms with Gasteiger partial charge in [-0.05, 0) is 31.4 Å². The molecule has 0 aromatic heterocycles. The van der Waals surface area contributed by atoms with Crippen LogP contribution in [0.1, 0.15) is 33.8 Å². The number of Topliss-reactive ketones (excluding diaryl/α,β-unsaturated/α-hetero) is 1. The number of hydrogen-bond acceptors (Lipinski definition) is 3. The molecule has 2 aromatic rings. The number of nitrogens with zero attached hydrogens (tertiary/aromatic N) is 1. The van der Waals surface area contributed by atoms with E-state index in [1.54, 1.807) is 0 Å². The third-order valence-corrected chi connectivity index (χ3v) is 5.04. The molecule has 126 valence electrons. The molecule has 0 spiro atoms. The molecule has 0 aliphatic carbocycles. The van der Waals surface area contributed by atoms with E-state index in [0.29, 0.717) is 6.54 Å². The van der Waals surface area contributed by atoms with Crippen LogP contribution in [0.3, 0.4) is 0 Å². The van der Waals surface area contributed by atoms with Crippen LogP contribution in [-0.4, -0.2) is 36.9 Å². The second-order valence-corrected chi connectivity index (χ2v) is 6.73. The van der Waals surface area contributed by atoms with E-state index in [4.69, 9.17) is 5.73 Å². The Morgan fingerprint density at radius 3 is 2.50 bits per heavy atom. The van der Waals surface area contributed by atoms with Crippen molar-refractivity contribution in [2.24, 2.45) is 11.7 Å². The molecule has 2 N–H and O–H groups in total. The lowest BCUT2D eigenvalue weighted by Crippen LogP contribution is -2.44. The molecular weight excluding hydrogens is 296 g/mol. The Morgan fingerprint density at radius 2 is 1.83 bits per heavy atom. The molecule has 0 saturated carbocycles. The van der Waals surface area contributed by atoms with Crippen molar-refractivity contribution in [3.8, 4) is 0 Å². The van der Waals surface area contributed by atoms with Crippen molar-refractivity contribution in [3.63, 3.8) is 0 Å². The number of ketones is 1. The van der Waals surface area contributed by atoms with E-state index in [9.17, 15) is 4.79 Å². The third kappa shape index (κ3) is 3.74. The first-order chi connectivity index (χ1) is 11.7. The lowest BCUT2D eigenvalue weighted by Gasteiger charge is -2.38. The SMILES string of the molecule is Cc1ccc([C@H]2CCN(CCN)C[C@H]2C(=O)c2ccccc2)cc1. The van der Waals surface area contributed by atoms with Gasteiger partial charge in [0, 0.05) is 31.1 Å². The number of carbonyl (C=O) groups excluding carboxylic acids is 1. The highest BCUT2D eigenvalue weighted by atomic mass is 16.1. The summed E-state index contributed by atoms with van der Waals surface area (Å²) in [5.74, 6) is 0.533. The van der Waals surface area contributed by atoms with E-state index < -0.39 is 0 Å². The van der Waals surface area contributed by atoms with E-state index in [1.165, 1.54) is 11.1 Å². The number of benzene rings is 2. The van der Waals surface area contributed by atoms with Gasteiger partial charge in [-0.25, -0.2) is 0 Å². The number of carbonyl (C=O) groups is 1. The molecule has 0 bridgehead atoms. The molecule has 3 rings (SSSR count). The van der Waals surface area contributed by atoms with E-state index >= 15 is 0 Å². The zero-order valence-electron chi connectivity index (χ0n) is 14.3. The van der Waals surface area contributed by atoms with Crippen molar-refractivity contribution in [2.75, 3.05) is 26.2 Å². The molecule has 0 amide bonds. The molecule has 1 aliphatic heterocycles. The summed E-state index contributed by atoms with van der Waals surface area (Å²) in [7, 11) is 0. The molecule has 0 unspecified atom stereocenters. The summed E-state index contributed by atoms with van der Waals surface area (Å²) in [6.45, 7) is 5.40. The van der Waals surface area contributed by atoms with Gasteiger partial charge < -0.3 is 10.6 Å². The van der Waals surface area contributed by atoms with Gasteiger partial charge in [-0.2, -0.15) is 0 Å². The molecule has 1 aliphatic rings. The van der Waals surface area contributed by atoms with Crippen molar-refractivity contribution in [1.82, 2.24) is 4.90 Å². The molecule has 1 saturated heterocycles. The zero-order chi connectivity index (χ0) is 16.9. The molecule has 1 heterocycles. The van der Waals surface area contributed by atoms with Crippen molar-refractivity contribution in [3.05, 3.63) is 71.3 Å². The standard InChI is InChI=1S/C21H26N2O/c1-16-7-9-17(10-8-16)19-11-13-23(14-12-22)15-20(19)21(24)18-5-3-2-4-6-18/h2-10,19-20H,11-15,22H2,1H3/t19-,20-/m1/s1. The summed E-state index contributed by atoms with van der Waals surface area (Å²) < 4.78 is 0. The minimum Gasteiger partial charge on any atom is -0.329 e. The Labute approximate surface area is 144 Å². The van der Waals surface area contributed by atoms with Gasteiger partial charge in [-0.3, -0.25) is 4.79 Å². The van der Waals surface area contributed by atoms with E-state index in [1.807, 2.05) is 30.3 Å². The van der Waals surface area contributed by atoms with Gasteiger partial charge in [-0.15, -0.1) is 0 Å². The fraction of sp³-hybridized carbons (Fsp3) is 0.381. The Hall–Kier alpha value is -1.97. The number of rotatable bonds is 5. The Kier molecular flexibility index (Phi) is 5.44. The van der Waals surface area contributed by atoms with Crippen LogP contribution in [0, 0.1) is 12.8 Å². The summed E-state index contributed by atoms with van der Waals surface area (Å²) in [5, 5.41) is 0. The second kappa shape index (κ2) is 7.73. The highest BCUT2D eigenvalue weighted by Gasteiger charge is 2.35. The van der Waals surface area contributed by atoms with Crippen LogP contribution in [0.2, 0.25) is 0 Å². The first kappa shape index (κ1) is 16.9. The molecule has 2 atom stereocenters. The van der Waals surface area contributed by atoms with Gasteiger partial charge in [0.15, 0.2) is 5.78 Å². The summed E-state index contributed by atoms with van der Waals surface area (Å²) in [6.07, 6.45) is 1.01. The number of piperidine rings is 1. The van der Waals surface area contributed by atoms with Crippen molar-refractivity contribution < 1.29 is 4.79 Å². The van der Waals surface area contributed by atoms with Gasteiger partial charge in [0.05, 0.1) is 0 Å². The number of nitrogens with two attached hydrogens (primary N) is 1. The van der Waals surface area contributed by atoms with Gasteiger partial charge >= 0.3 is 0 Å². The normalized spacial score (nSPS) is 21.6. The number of likely N-dealkylation sites (tertiary alicyclic amines) is 1. The quantitative estimate of drug-likeness (QED) is 0.860. The maximum absolute atomic E-state index is 13.1. The van der Waals surface area contributed by atoms with Crippen LogP contribution >= 0.6 is 0 Å². The molecule has 3 nitrogen and oxygen atoms in total. The van der Waals surface area contributed by atoms with Gasteiger partial charge in [0.1, 0.15) is 0 Å².